The highest BCUT2D eigenvalue weighted by atomic mass is 79.9. The van der Waals surface area contributed by atoms with Gasteiger partial charge >= 0.3 is 12.5 Å². The third kappa shape index (κ3) is 3.83. The summed E-state index contributed by atoms with van der Waals surface area (Å²) in [6.45, 7) is -1.60. The Balaban J connectivity index is 1.44. The fourth-order valence-electron chi connectivity index (χ4n) is 3.53. The van der Waals surface area contributed by atoms with Crippen LogP contribution in [0, 0.1) is 0 Å². The molecule has 1 aliphatic rings. The predicted molar refractivity (Wildman–Crippen MR) is 110 cm³/mol. The molecule has 7 nitrogen and oxygen atoms in total. The van der Waals surface area contributed by atoms with Crippen LogP contribution in [0.1, 0.15) is 52.5 Å². The number of carbonyl (C=O) groups excluding carboxylic acids is 3. The molecule has 0 saturated carbocycles. The molecule has 1 aliphatic heterocycles. The van der Waals surface area contributed by atoms with Crippen molar-refractivity contribution in [2.75, 3.05) is 6.54 Å². The Bertz CT molecular complexity index is 1210. The number of imidazole rings is 1. The average Bonchev–Trinajstić information content (AvgIpc) is 3.23. The van der Waals surface area contributed by atoms with Crippen molar-refractivity contribution in [3.05, 3.63) is 63.9 Å². The number of carbonyl (C=O) groups is 3. The summed E-state index contributed by atoms with van der Waals surface area (Å²) >= 11 is 3.25. The maximum absolute atomic E-state index is 13.6. The molecule has 31 heavy (non-hydrogen) atoms. The topological polar surface area (TPSA) is 81.5 Å². The third-order valence-corrected chi connectivity index (χ3v) is 5.46. The zero-order chi connectivity index (χ0) is 22.3. The highest BCUT2D eigenvalue weighted by Crippen LogP contribution is 2.29. The van der Waals surface area contributed by atoms with Crippen molar-refractivity contribution >= 4 is 44.7 Å². The predicted octanol–water partition coefficient (Wildman–Crippen LogP) is 4.48. The average molecular weight is 492 g/mol. The summed E-state index contributed by atoms with van der Waals surface area (Å²) < 4.78 is 33.8. The molecule has 0 saturated heterocycles. The minimum atomic E-state index is -2.86. The first-order valence-electron chi connectivity index (χ1n) is 9.38. The number of aromatic nitrogens is 2. The van der Waals surface area contributed by atoms with Gasteiger partial charge in [0.2, 0.25) is 0 Å². The van der Waals surface area contributed by atoms with E-state index in [1.165, 1.54) is 19.1 Å². The van der Waals surface area contributed by atoms with Crippen molar-refractivity contribution in [3.8, 4) is 0 Å². The number of hydrogen-bond donors (Lipinski definition) is 0. The number of para-hydroxylation sites is 2. The number of amides is 2. The Kier molecular flexibility index (Phi) is 5.57. The fourth-order valence-corrected chi connectivity index (χ4v) is 3.89. The van der Waals surface area contributed by atoms with Crippen LogP contribution in [0.15, 0.2) is 46.9 Å². The SMILES string of the molecule is CC(OC(=O)CCN1C(=O)c2ccc(Br)cc2C1=O)c1nc2ccccc2n1C(F)F. The van der Waals surface area contributed by atoms with Gasteiger partial charge in [0, 0.05) is 11.0 Å². The van der Waals surface area contributed by atoms with Gasteiger partial charge in [0.25, 0.3) is 11.8 Å². The van der Waals surface area contributed by atoms with Gasteiger partial charge in [0.05, 0.1) is 28.6 Å². The first-order valence-corrected chi connectivity index (χ1v) is 10.2. The zero-order valence-electron chi connectivity index (χ0n) is 16.2. The van der Waals surface area contributed by atoms with Gasteiger partial charge in [0.1, 0.15) is 0 Å². The van der Waals surface area contributed by atoms with E-state index < -0.39 is 30.4 Å². The minimum Gasteiger partial charge on any atom is -0.454 e. The molecule has 2 amide bonds. The Hall–Kier alpha value is -3.14. The summed E-state index contributed by atoms with van der Waals surface area (Å²) in [7, 11) is 0. The van der Waals surface area contributed by atoms with Crippen LogP contribution in [-0.2, 0) is 9.53 Å². The van der Waals surface area contributed by atoms with E-state index in [0.717, 1.165) is 9.47 Å². The third-order valence-electron chi connectivity index (χ3n) is 4.96. The van der Waals surface area contributed by atoms with E-state index in [4.69, 9.17) is 4.74 Å². The summed E-state index contributed by atoms with van der Waals surface area (Å²) in [5, 5.41) is 0. The molecule has 2 aromatic carbocycles. The molecule has 4 rings (SSSR count). The maximum atomic E-state index is 13.6. The van der Waals surface area contributed by atoms with Gasteiger partial charge in [0.15, 0.2) is 11.9 Å². The fraction of sp³-hybridized carbons (Fsp3) is 0.238. The highest BCUT2D eigenvalue weighted by molar-refractivity contribution is 9.10. The number of benzene rings is 2. The van der Waals surface area contributed by atoms with Crippen LogP contribution in [0.25, 0.3) is 11.0 Å². The number of nitrogens with zero attached hydrogens (tertiary/aromatic N) is 3. The lowest BCUT2D eigenvalue weighted by molar-refractivity contribution is -0.149. The number of hydrogen-bond acceptors (Lipinski definition) is 5. The van der Waals surface area contributed by atoms with Crippen LogP contribution in [0.2, 0.25) is 0 Å². The molecule has 1 aromatic heterocycles. The van der Waals surface area contributed by atoms with E-state index in [2.05, 4.69) is 20.9 Å². The lowest BCUT2D eigenvalue weighted by Gasteiger charge is -2.17. The van der Waals surface area contributed by atoms with E-state index in [1.807, 2.05) is 0 Å². The van der Waals surface area contributed by atoms with Gasteiger partial charge < -0.3 is 4.74 Å². The van der Waals surface area contributed by atoms with Crippen LogP contribution in [0.3, 0.4) is 0 Å². The van der Waals surface area contributed by atoms with Crippen molar-refractivity contribution in [1.82, 2.24) is 14.5 Å². The molecular formula is C21H16BrF2N3O4. The van der Waals surface area contributed by atoms with Crippen molar-refractivity contribution < 1.29 is 27.9 Å². The van der Waals surface area contributed by atoms with Crippen molar-refractivity contribution in [1.29, 1.82) is 0 Å². The van der Waals surface area contributed by atoms with E-state index in [-0.39, 0.29) is 35.4 Å². The van der Waals surface area contributed by atoms with Gasteiger partial charge in [-0.25, -0.2) is 4.98 Å². The number of imide groups is 1. The number of rotatable bonds is 6. The Morgan fingerprint density at radius 1 is 1.13 bits per heavy atom. The number of halogens is 3. The summed E-state index contributed by atoms with van der Waals surface area (Å²) in [5.41, 5.74) is 1.11. The molecule has 2 heterocycles. The van der Waals surface area contributed by atoms with Gasteiger partial charge in [-0.05, 0) is 37.3 Å². The Morgan fingerprint density at radius 2 is 1.84 bits per heavy atom. The van der Waals surface area contributed by atoms with E-state index >= 15 is 0 Å². The zero-order valence-corrected chi connectivity index (χ0v) is 17.8. The summed E-state index contributed by atoms with van der Waals surface area (Å²) in [6.07, 6.45) is -1.32. The first-order chi connectivity index (χ1) is 14.8. The number of fused-ring (bicyclic) bond motifs is 2. The molecule has 160 valence electrons. The Morgan fingerprint density at radius 3 is 2.58 bits per heavy atom. The normalized spacial score (nSPS) is 14.4. The maximum Gasteiger partial charge on any atom is 0.320 e. The molecule has 3 aromatic rings. The second-order valence-corrected chi connectivity index (χ2v) is 7.86. The molecule has 0 spiro atoms. The lowest BCUT2D eigenvalue weighted by Crippen LogP contribution is -2.32. The van der Waals surface area contributed by atoms with Gasteiger partial charge in [-0.15, -0.1) is 0 Å². The van der Waals surface area contributed by atoms with Gasteiger partial charge in [-0.1, -0.05) is 28.1 Å². The van der Waals surface area contributed by atoms with Crippen molar-refractivity contribution in [2.24, 2.45) is 0 Å². The molecule has 0 N–H and O–H groups in total. The summed E-state index contributed by atoms with van der Waals surface area (Å²) in [4.78, 5) is 42.4. The van der Waals surface area contributed by atoms with Gasteiger partial charge in [-0.3, -0.25) is 23.9 Å². The van der Waals surface area contributed by atoms with Crippen LogP contribution < -0.4 is 0 Å². The van der Waals surface area contributed by atoms with Crippen LogP contribution in [0.4, 0.5) is 8.78 Å². The smallest absolute Gasteiger partial charge is 0.320 e. The molecule has 0 radical (unpaired) electrons. The van der Waals surface area contributed by atoms with Crippen molar-refractivity contribution in [3.63, 3.8) is 0 Å². The molecule has 10 heteroatoms. The minimum absolute atomic E-state index is 0.0878. The largest absolute Gasteiger partial charge is 0.454 e. The van der Waals surface area contributed by atoms with Crippen molar-refractivity contribution in [2.45, 2.75) is 26.0 Å². The quantitative estimate of drug-likeness (QED) is 0.375. The molecule has 1 atom stereocenters. The Labute approximate surface area is 183 Å². The molecule has 1 unspecified atom stereocenters. The standard InChI is InChI=1S/C21H16BrF2N3O4/c1-11(18-25-15-4-2-3-5-16(15)27(18)21(23)24)31-17(28)8-9-26-19(29)13-7-6-12(22)10-14(13)20(26)30/h2-7,10-11,21H,8-9H2,1H3. The van der Waals surface area contributed by atoms with E-state index in [9.17, 15) is 23.2 Å². The second kappa shape index (κ2) is 8.18. The molecule has 0 fully saturated rings. The van der Waals surface area contributed by atoms with Crippen LogP contribution in [0.5, 0.6) is 0 Å². The molecule has 0 aliphatic carbocycles. The van der Waals surface area contributed by atoms with E-state index in [1.54, 1.807) is 30.3 Å². The molecular weight excluding hydrogens is 476 g/mol. The summed E-state index contributed by atoms with van der Waals surface area (Å²) in [5.74, 6) is -1.82. The van der Waals surface area contributed by atoms with Gasteiger partial charge in [-0.2, -0.15) is 8.78 Å². The highest BCUT2D eigenvalue weighted by Gasteiger charge is 2.36. The van der Waals surface area contributed by atoms with Crippen LogP contribution >= 0.6 is 15.9 Å². The van der Waals surface area contributed by atoms with Crippen LogP contribution in [-0.4, -0.2) is 38.8 Å². The lowest BCUT2D eigenvalue weighted by atomic mass is 10.1. The molecule has 0 bridgehead atoms. The first kappa shape index (κ1) is 21.1. The second-order valence-electron chi connectivity index (χ2n) is 6.94. The number of alkyl halides is 2. The summed E-state index contributed by atoms with van der Waals surface area (Å²) in [6, 6.07) is 11.1. The number of esters is 1. The monoisotopic (exact) mass is 491 g/mol. The number of ether oxygens (including phenoxy) is 1. The van der Waals surface area contributed by atoms with E-state index in [0.29, 0.717) is 9.99 Å².